The van der Waals surface area contributed by atoms with E-state index in [0.717, 1.165) is 0 Å². The lowest BCUT2D eigenvalue weighted by Crippen LogP contribution is -1.46. The average molecular weight is 66.1 g/mol. The topological polar surface area (TPSA) is 28.7 Å². The summed E-state index contributed by atoms with van der Waals surface area (Å²) in [6.45, 7) is 0. The van der Waals surface area contributed by atoms with E-state index in [2.05, 4.69) is 22.4 Å². The van der Waals surface area contributed by atoms with E-state index in [0.29, 0.717) is 0 Å². The van der Waals surface area contributed by atoms with Gasteiger partial charge in [-0.15, -0.1) is 0 Å². The molecule has 0 aromatic carbocycles. The molecule has 0 spiro atoms. The first-order valence-corrected chi connectivity index (χ1v) is 1.27. The molecule has 5 heavy (non-hydrogen) atoms. The van der Waals surface area contributed by atoms with E-state index in [1.54, 1.807) is 0 Å². The number of nitrogens with one attached hydrogen (secondary N) is 1. The maximum atomic E-state index is 3.49. The molecule has 2 nitrogen and oxygen atoms in total. The van der Waals surface area contributed by atoms with Gasteiger partial charge in [0.2, 0.25) is 0 Å². The van der Waals surface area contributed by atoms with Gasteiger partial charge >= 0.3 is 0 Å². The molecule has 0 aliphatic heterocycles. The van der Waals surface area contributed by atoms with Gasteiger partial charge in [0.1, 0.15) is 6.33 Å². The fraction of sp³-hybridized carbons (Fsp3) is 0. The van der Waals surface area contributed by atoms with Crippen molar-refractivity contribution in [3.8, 4) is 0 Å². The number of nitrogens with zero attached hydrogens (tertiary/aromatic N) is 1. The van der Waals surface area contributed by atoms with Crippen LogP contribution in [0.2, 0.25) is 0 Å². The summed E-state index contributed by atoms with van der Waals surface area (Å²) in [5.41, 5.74) is 0. The van der Waals surface area contributed by atoms with Crippen LogP contribution >= 0.6 is 0 Å². The molecule has 0 bridgehead atoms. The van der Waals surface area contributed by atoms with E-state index in [9.17, 15) is 0 Å². The van der Waals surface area contributed by atoms with Crippen LogP contribution in [0.25, 0.3) is 0 Å². The SMILES string of the molecule is c1nc[nH]c#1. The molecule has 0 aliphatic rings. The van der Waals surface area contributed by atoms with Gasteiger partial charge < -0.3 is 4.98 Å². The maximum Gasteiger partial charge on any atom is 0.110 e. The van der Waals surface area contributed by atoms with Crippen LogP contribution in [0.4, 0.5) is 0 Å². The van der Waals surface area contributed by atoms with Crippen molar-refractivity contribution in [1.29, 1.82) is 0 Å². The maximum absolute atomic E-state index is 3.49. The zero-order chi connectivity index (χ0) is 3.54. The fourth-order valence-corrected chi connectivity index (χ4v) is 0.161. The van der Waals surface area contributed by atoms with Crippen LogP contribution in [0.3, 0.4) is 0 Å². The van der Waals surface area contributed by atoms with Gasteiger partial charge in [-0.2, -0.15) is 4.98 Å². The Morgan fingerprint density at radius 2 is 2.80 bits per heavy atom. The van der Waals surface area contributed by atoms with Gasteiger partial charge in [-0.25, -0.2) is 0 Å². The Bertz CT molecular complexity index is 61.4. The highest BCUT2D eigenvalue weighted by Crippen LogP contribution is 1.49. The molecule has 24 valence electrons. The summed E-state index contributed by atoms with van der Waals surface area (Å²) in [5.74, 6) is 0. The minimum absolute atomic E-state index is 1.51. The van der Waals surface area contributed by atoms with Crippen molar-refractivity contribution in [2.24, 2.45) is 0 Å². The molecule has 0 atom stereocenters. The second-order valence-corrected chi connectivity index (χ2v) is 0.639. The van der Waals surface area contributed by atoms with E-state index in [1.807, 2.05) is 0 Å². The average Bonchev–Trinajstić information content (AvgIpc) is 1.76. The third kappa shape index (κ3) is 0.198. The largest absolute Gasteiger partial charge is 0.303 e. The van der Waals surface area contributed by atoms with Crippen molar-refractivity contribution in [3.63, 3.8) is 0 Å². The highest BCUT2D eigenvalue weighted by Gasteiger charge is 1.49. The molecule has 0 saturated carbocycles. The molecule has 1 heterocycles. The molecule has 0 amide bonds. The van der Waals surface area contributed by atoms with Gasteiger partial charge in [0.25, 0.3) is 0 Å². The van der Waals surface area contributed by atoms with E-state index >= 15 is 0 Å². The zero-order valence-electron chi connectivity index (χ0n) is 2.52. The third-order valence-corrected chi connectivity index (χ3v) is 0.322. The first-order chi connectivity index (χ1) is 2.50. The molecule has 1 rings (SSSR count). The monoisotopic (exact) mass is 66.0 g/mol. The Balaban J connectivity index is 3.13. The molecule has 0 aliphatic carbocycles. The van der Waals surface area contributed by atoms with Crippen LogP contribution in [-0.4, -0.2) is 9.97 Å². The van der Waals surface area contributed by atoms with Gasteiger partial charge in [-0.3, -0.25) is 0 Å². The predicted octanol–water partition coefficient (Wildman–Crippen LogP) is 0.0101. The van der Waals surface area contributed by atoms with Gasteiger partial charge in [0.05, 0.1) is 6.20 Å². The summed E-state index contributed by atoms with van der Waals surface area (Å²) in [4.78, 5) is 6.06. The van der Waals surface area contributed by atoms with Crippen LogP contribution in [0.15, 0.2) is 6.33 Å². The number of rotatable bonds is 0. The normalized spacial score (nSPS) is 6.40. The Hall–Kier alpha value is -0.970. The standard InChI is InChI=1S/C3H2N2/c1-2-5-3-4-1/h3H,(H,4,5). The van der Waals surface area contributed by atoms with Gasteiger partial charge in [0.15, 0.2) is 0 Å². The van der Waals surface area contributed by atoms with Crippen LogP contribution in [0.1, 0.15) is 0 Å². The van der Waals surface area contributed by atoms with E-state index in [-0.39, 0.29) is 0 Å². The molecular weight excluding hydrogens is 64.0 g/mol. The van der Waals surface area contributed by atoms with Gasteiger partial charge in [-0.05, 0) is 0 Å². The molecule has 0 fully saturated rings. The van der Waals surface area contributed by atoms with Crippen molar-refractivity contribution in [3.05, 3.63) is 18.7 Å². The van der Waals surface area contributed by atoms with E-state index in [1.165, 1.54) is 6.33 Å². The molecule has 0 unspecified atom stereocenters. The highest BCUT2D eigenvalue weighted by molar-refractivity contribution is 4.46. The fourth-order valence-electron chi connectivity index (χ4n) is 0.161. The molecule has 1 aromatic rings. The molecular formula is C3H2N2. The van der Waals surface area contributed by atoms with Crippen molar-refractivity contribution in [2.45, 2.75) is 0 Å². The number of hydrogen-bond acceptors (Lipinski definition) is 1. The van der Waals surface area contributed by atoms with Crippen LogP contribution in [0.5, 0.6) is 0 Å². The number of aromatic nitrogens is 2. The lowest BCUT2D eigenvalue weighted by molar-refractivity contribution is 1.29. The minimum atomic E-state index is 1.51. The second-order valence-electron chi connectivity index (χ2n) is 0.639. The Morgan fingerprint density at radius 1 is 1.80 bits per heavy atom. The van der Waals surface area contributed by atoms with Crippen molar-refractivity contribution >= 4 is 0 Å². The van der Waals surface area contributed by atoms with Crippen molar-refractivity contribution in [1.82, 2.24) is 9.97 Å². The quantitative estimate of drug-likeness (QED) is 0.454. The van der Waals surface area contributed by atoms with Crippen molar-refractivity contribution in [2.75, 3.05) is 0 Å². The second kappa shape index (κ2) is 0.769. The molecule has 0 radical (unpaired) electrons. The molecule has 1 N–H and O–H groups in total. The number of H-pyrrole nitrogens is 1. The van der Waals surface area contributed by atoms with Gasteiger partial charge in [0, 0.05) is 6.20 Å². The summed E-state index contributed by atoms with van der Waals surface area (Å²) in [6.07, 6.45) is 6.44. The number of hydrogen-bond donors (Lipinski definition) is 1. The third-order valence-electron chi connectivity index (χ3n) is 0.322. The Morgan fingerprint density at radius 3 is 3.00 bits per heavy atom. The number of aromatic amines is 1. The molecule has 2 heteroatoms. The van der Waals surface area contributed by atoms with Crippen molar-refractivity contribution < 1.29 is 0 Å². The lowest BCUT2D eigenvalue weighted by atomic mass is 11.2. The van der Waals surface area contributed by atoms with E-state index in [4.69, 9.17) is 0 Å². The Labute approximate surface area is 29.9 Å². The van der Waals surface area contributed by atoms with Gasteiger partial charge in [-0.1, -0.05) is 0 Å². The van der Waals surface area contributed by atoms with Crippen LogP contribution in [-0.2, 0) is 0 Å². The summed E-state index contributed by atoms with van der Waals surface area (Å²) in [6, 6.07) is 0. The highest BCUT2D eigenvalue weighted by atomic mass is 14.8. The predicted molar refractivity (Wildman–Crippen MR) is 16.3 cm³/mol. The zero-order valence-corrected chi connectivity index (χ0v) is 2.52. The summed E-state index contributed by atoms with van der Waals surface area (Å²) < 4.78 is 0. The summed E-state index contributed by atoms with van der Waals surface area (Å²) >= 11 is 0. The minimum Gasteiger partial charge on any atom is -0.303 e. The lowest BCUT2D eigenvalue weighted by Gasteiger charge is -1.44. The van der Waals surface area contributed by atoms with Crippen LogP contribution < -0.4 is 0 Å². The summed E-state index contributed by atoms with van der Waals surface area (Å²) in [5, 5.41) is 0. The summed E-state index contributed by atoms with van der Waals surface area (Å²) in [7, 11) is 0. The smallest absolute Gasteiger partial charge is 0.110 e. The molecule has 0 saturated heterocycles. The van der Waals surface area contributed by atoms with E-state index < -0.39 is 0 Å². The first kappa shape index (κ1) is 2.28. The molecule has 1 aromatic heterocycles. The van der Waals surface area contributed by atoms with Crippen LogP contribution in [0, 0.1) is 12.4 Å². The first-order valence-electron chi connectivity index (χ1n) is 1.27. The Kier molecular flexibility index (Phi) is 0.350.